The normalized spacial score (nSPS) is 22.0. The minimum absolute atomic E-state index is 0.104. The van der Waals surface area contributed by atoms with Crippen LogP contribution in [0, 0.1) is 5.92 Å². The number of phenols is 1. The molecule has 0 aliphatic carbocycles. The Bertz CT molecular complexity index is 1680. The third-order valence-electron chi connectivity index (χ3n) is 8.05. The number of aromatic hydroxyl groups is 1. The summed E-state index contributed by atoms with van der Waals surface area (Å²) in [5.41, 5.74) is -0.742. The number of hydrogen-bond acceptors (Lipinski definition) is 8. The first-order valence-electron chi connectivity index (χ1n) is 13.6. The molecule has 3 unspecified atom stereocenters. The molecule has 3 aromatic rings. The van der Waals surface area contributed by atoms with E-state index >= 15 is 0 Å². The first kappa shape index (κ1) is 29.3. The smallest absolute Gasteiger partial charge is 0.416 e. The minimum Gasteiger partial charge on any atom is -0.504 e. The van der Waals surface area contributed by atoms with Crippen LogP contribution in [0.25, 0.3) is 0 Å². The average molecular weight is 634 g/mol. The Morgan fingerprint density at radius 2 is 1.79 bits per heavy atom. The molecule has 0 bridgehead atoms. The van der Waals surface area contributed by atoms with Gasteiger partial charge in [0.05, 0.1) is 29.3 Å². The van der Waals surface area contributed by atoms with Gasteiger partial charge in [-0.2, -0.15) is 13.2 Å². The number of ether oxygens (including phenoxy) is 1. The molecule has 14 heteroatoms. The Kier molecular flexibility index (Phi) is 7.53. The van der Waals surface area contributed by atoms with Crippen molar-refractivity contribution in [2.45, 2.75) is 48.2 Å². The molecule has 4 heterocycles. The Labute approximate surface area is 251 Å². The number of alkyl halides is 3. The van der Waals surface area contributed by atoms with E-state index in [4.69, 9.17) is 4.74 Å². The lowest BCUT2D eigenvalue weighted by molar-refractivity contribution is -0.137. The van der Waals surface area contributed by atoms with E-state index < -0.39 is 45.5 Å². The lowest BCUT2D eigenvalue weighted by Crippen LogP contribution is -2.39. The predicted molar refractivity (Wildman–Crippen MR) is 153 cm³/mol. The van der Waals surface area contributed by atoms with E-state index in [9.17, 15) is 37.5 Å². The van der Waals surface area contributed by atoms with Gasteiger partial charge in [-0.05, 0) is 55.2 Å². The molecule has 0 saturated carbocycles. The van der Waals surface area contributed by atoms with E-state index in [1.807, 2.05) is 0 Å². The molecule has 3 amide bonds. The molecular formula is C29H26F3N3O6S2. The minimum atomic E-state index is -4.68. The molecule has 3 aliphatic rings. The summed E-state index contributed by atoms with van der Waals surface area (Å²) in [6.45, 7) is 0.944. The van der Waals surface area contributed by atoms with Gasteiger partial charge in [0.15, 0.2) is 11.5 Å². The topological polar surface area (TPSA) is 109 Å². The van der Waals surface area contributed by atoms with Crippen molar-refractivity contribution in [3.05, 3.63) is 68.1 Å². The summed E-state index contributed by atoms with van der Waals surface area (Å²) in [6, 6.07) is 8.46. The summed E-state index contributed by atoms with van der Waals surface area (Å²) >= 11 is 1.85. The largest absolute Gasteiger partial charge is 0.504 e. The van der Waals surface area contributed by atoms with Crippen molar-refractivity contribution in [2.75, 3.05) is 25.1 Å². The summed E-state index contributed by atoms with van der Waals surface area (Å²) in [5.74, 6) is -3.65. The van der Waals surface area contributed by atoms with Gasteiger partial charge in [-0.3, -0.25) is 23.7 Å². The van der Waals surface area contributed by atoms with Gasteiger partial charge in [0.25, 0.3) is 0 Å². The number of likely N-dealkylation sites (tertiary alicyclic amines) is 1. The lowest BCUT2D eigenvalue weighted by atomic mass is 9.83. The third kappa shape index (κ3) is 5.09. The van der Waals surface area contributed by atoms with Crippen molar-refractivity contribution in [3.8, 4) is 11.5 Å². The number of aromatic nitrogens is 1. The van der Waals surface area contributed by atoms with Gasteiger partial charge < -0.3 is 14.7 Å². The summed E-state index contributed by atoms with van der Waals surface area (Å²) in [6.07, 6.45) is -1.93. The van der Waals surface area contributed by atoms with Gasteiger partial charge in [0, 0.05) is 23.9 Å². The van der Waals surface area contributed by atoms with E-state index in [0.29, 0.717) is 28.6 Å². The number of hydrogen-bond donors (Lipinski definition) is 1. The Morgan fingerprint density at radius 3 is 2.49 bits per heavy atom. The van der Waals surface area contributed by atoms with E-state index in [-0.39, 0.29) is 29.6 Å². The van der Waals surface area contributed by atoms with Gasteiger partial charge in [-0.25, -0.2) is 4.90 Å². The van der Waals surface area contributed by atoms with Crippen LogP contribution in [0.1, 0.15) is 41.2 Å². The lowest BCUT2D eigenvalue weighted by Gasteiger charge is -2.31. The molecule has 3 aliphatic heterocycles. The molecule has 0 spiro atoms. The number of imide groups is 1. The van der Waals surface area contributed by atoms with Gasteiger partial charge in [-0.15, -0.1) is 0 Å². The second-order valence-electron chi connectivity index (χ2n) is 10.6. The Hall–Kier alpha value is -3.78. The van der Waals surface area contributed by atoms with Crippen molar-refractivity contribution in [1.82, 2.24) is 9.47 Å². The van der Waals surface area contributed by atoms with Crippen LogP contribution in [0.15, 0.2) is 52.3 Å². The SMILES string of the molecule is COc1cc(C2c3sc(=O)n(CC(=O)N4CCCCC4)c3SC3C(=O)N(c4cccc(C(F)(F)F)c4)C(=O)C32)ccc1O. The van der Waals surface area contributed by atoms with Crippen molar-refractivity contribution in [1.29, 1.82) is 0 Å². The van der Waals surface area contributed by atoms with Gasteiger partial charge >= 0.3 is 11.0 Å². The number of thiazole rings is 1. The van der Waals surface area contributed by atoms with Crippen LogP contribution in [-0.4, -0.2) is 57.7 Å². The van der Waals surface area contributed by atoms with Gasteiger partial charge in [0.1, 0.15) is 11.8 Å². The maximum Gasteiger partial charge on any atom is 0.416 e. The summed E-state index contributed by atoms with van der Waals surface area (Å²) in [5, 5.41) is 9.51. The Balaban J connectivity index is 1.45. The number of piperidine rings is 1. The number of nitrogens with zero attached hydrogens (tertiary/aromatic N) is 3. The fraction of sp³-hybridized carbons (Fsp3) is 0.379. The van der Waals surface area contributed by atoms with Gasteiger partial charge in [0.2, 0.25) is 17.7 Å². The van der Waals surface area contributed by atoms with Crippen LogP contribution < -0.4 is 14.5 Å². The summed E-state index contributed by atoms with van der Waals surface area (Å²) in [4.78, 5) is 56.8. The maximum absolute atomic E-state index is 14.0. The molecule has 0 radical (unpaired) electrons. The molecule has 6 rings (SSSR count). The number of anilines is 1. The third-order valence-corrected chi connectivity index (χ3v) is 10.6. The zero-order valence-corrected chi connectivity index (χ0v) is 24.4. The van der Waals surface area contributed by atoms with Crippen LogP contribution in [0.2, 0.25) is 0 Å². The highest BCUT2D eigenvalue weighted by Gasteiger charge is 2.57. The first-order chi connectivity index (χ1) is 20.5. The number of halogens is 3. The zero-order chi connectivity index (χ0) is 30.6. The molecular weight excluding hydrogens is 607 g/mol. The molecule has 1 N–H and O–H groups in total. The molecule has 9 nitrogen and oxygen atoms in total. The number of phenolic OH excluding ortho intramolecular Hbond substituents is 1. The fourth-order valence-electron chi connectivity index (χ4n) is 5.96. The second-order valence-corrected chi connectivity index (χ2v) is 12.7. The number of carbonyl (C=O) groups excluding carboxylic acids is 3. The van der Waals surface area contributed by atoms with Gasteiger partial charge in [-0.1, -0.05) is 35.2 Å². The highest BCUT2D eigenvalue weighted by molar-refractivity contribution is 8.00. The molecule has 43 heavy (non-hydrogen) atoms. The molecule has 226 valence electrons. The quantitative estimate of drug-likeness (QED) is 0.414. The summed E-state index contributed by atoms with van der Waals surface area (Å²) in [7, 11) is 1.35. The number of fused-ring (bicyclic) bond motifs is 2. The van der Waals surface area contributed by atoms with Crippen molar-refractivity contribution >= 4 is 46.5 Å². The van der Waals surface area contributed by atoms with Crippen LogP contribution >= 0.6 is 23.1 Å². The zero-order valence-electron chi connectivity index (χ0n) is 22.8. The van der Waals surface area contributed by atoms with Crippen molar-refractivity contribution < 1.29 is 37.4 Å². The highest BCUT2D eigenvalue weighted by atomic mass is 32.2. The first-order valence-corrected chi connectivity index (χ1v) is 15.3. The number of thioether (sulfide) groups is 1. The molecule has 3 atom stereocenters. The standard InChI is InChI=1S/C29H26F3N3O6S2/c1-41-19-12-15(8-9-18(19)36)21-22-23(26(39)35(25(22)38)17-7-5-6-16(13-17)29(30,31)32)42-27-24(21)43-28(40)34(27)14-20(37)33-10-3-2-4-11-33/h5-9,12-13,21-23,36H,2-4,10-11,14H2,1H3. The van der Waals surface area contributed by atoms with Crippen LogP contribution in [0.4, 0.5) is 18.9 Å². The number of amides is 3. The number of benzene rings is 2. The van der Waals surface area contributed by atoms with Crippen LogP contribution in [-0.2, 0) is 27.1 Å². The number of rotatable bonds is 5. The highest BCUT2D eigenvalue weighted by Crippen LogP contribution is 2.54. The van der Waals surface area contributed by atoms with Crippen molar-refractivity contribution in [2.24, 2.45) is 5.92 Å². The number of carbonyl (C=O) groups is 3. The molecule has 1 aromatic heterocycles. The van der Waals surface area contributed by atoms with E-state index in [1.165, 1.54) is 29.9 Å². The van der Waals surface area contributed by atoms with E-state index in [0.717, 1.165) is 65.5 Å². The summed E-state index contributed by atoms with van der Waals surface area (Å²) < 4.78 is 47.1. The van der Waals surface area contributed by atoms with E-state index in [1.54, 1.807) is 11.0 Å². The maximum atomic E-state index is 14.0. The van der Waals surface area contributed by atoms with Crippen molar-refractivity contribution in [3.63, 3.8) is 0 Å². The monoisotopic (exact) mass is 633 g/mol. The Morgan fingerprint density at radius 1 is 1.05 bits per heavy atom. The predicted octanol–water partition coefficient (Wildman–Crippen LogP) is 4.45. The average Bonchev–Trinajstić information content (AvgIpc) is 3.43. The number of methoxy groups -OCH3 is 1. The fourth-order valence-corrected chi connectivity index (χ4v) is 8.73. The second kappa shape index (κ2) is 11.1. The molecule has 2 aromatic carbocycles. The molecule has 2 saturated heterocycles. The van der Waals surface area contributed by atoms with E-state index in [2.05, 4.69) is 0 Å². The molecule has 2 fully saturated rings. The van der Waals surface area contributed by atoms with Crippen LogP contribution in [0.3, 0.4) is 0 Å². The van der Waals surface area contributed by atoms with Crippen LogP contribution in [0.5, 0.6) is 11.5 Å².